The summed E-state index contributed by atoms with van der Waals surface area (Å²) in [7, 11) is 1.66. The number of aromatic hydroxyl groups is 2. The summed E-state index contributed by atoms with van der Waals surface area (Å²) in [5, 5.41) is 22.2. The quantitative estimate of drug-likeness (QED) is 0.143. The number of methoxy groups -OCH3 is 1. The Hall–Kier alpha value is -4.07. The summed E-state index contributed by atoms with van der Waals surface area (Å²) in [5.74, 6) is 4.18. The minimum Gasteiger partial charge on any atom is -0.507 e. The van der Waals surface area contributed by atoms with Crippen molar-refractivity contribution in [2.75, 3.05) is 20.3 Å². The Morgan fingerprint density at radius 2 is 1.17 bits per heavy atom. The van der Waals surface area contributed by atoms with E-state index in [0.29, 0.717) is 71.6 Å². The van der Waals surface area contributed by atoms with Crippen LogP contribution >= 0.6 is 0 Å². The van der Waals surface area contributed by atoms with Gasteiger partial charge >= 0.3 is 0 Å². The van der Waals surface area contributed by atoms with Crippen molar-refractivity contribution in [3.05, 3.63) is 60.1 Å². The van der Waals surface area contributed by atoms with E-state index in [-0.39, 0.29) is 11.5 Å². The third-order valence-corrected chi connectivity index (χ3v) is 8.77. The first kappa shape index (κ1) is 34.8. The van der Waals surface area contributed by atoms with E-state index in [1.807, 2.05) is 24.3 Å². The Morgan fingerprint density at radius 1 is 0.674 bits per heavy atom. The van der Waals surface area contributed by atoms with Gasteiger partial charge in [-0.15, -0.1) is 0 Å². The van der Waals surface area contributed by atoms with Gasteiger partial charge in [0.2, 0.25) is 0 Å². The molecule has 2 N–H and O–H groups in total. The lowest BCUT2D eigenvalue weighted by atomic mass is 10.0. The first-order valence-corrected chi connectivity index (χ1v) is 17.0. The highest BCUT2D eigenvalue weighted by Crippen LogP contribution is 2.36. The van der Waals surface area contributed by atoms with E-state index in [0.717, 1.165) is 56.3 Å². The van der Waals surface area contributed by atoms with Crippen molar-refractivity contribution in [2.24, 2.45) is 11.8 Å². The lowest BCUT2D eigenvalue weighted by molar-refractivity contribution is 0.232. The number of ether oxygens (including phenoxy) is 3. The molecular weight excluding hydrogens is 578 g/mol. The first-order valence-electron chi connectivity index (χ1n) is 17.0. The van der Waals surface area contributed by atoms with Crippen molar-refractivity contribution in [3.63, 3.8) is 0 Å². The molecule has 46 heavy (non-hydrogen) atoms. The van der Waals surface area contributed by atoms with Crippen molar-refractivity contribution in [3.8, 4) is 45.8 Å². The minimum atomic E-state index is 0.0166. The van der Waals surface area contributed by atoms with Crippen LogP contribution in [-0.2, 0) is 4.74 Å². The molecule has 8 nitrogen and oxygen atoms in total. The molecule has 8 heteroatoms. The van der Waals surface area contributed by atoms with Gasteiger partial charge in [-0.05, 0) is 67.0 Å². The zero-order valence-electron chi connectivity index (χ0n) is 28.2. The van der Waals surface area contributed by atoms with Gasteiger partial charge < -0.3 is 24.4 Å². The molecule has 0 aliphatic heterocycles. The molecule has 1 heterocycles. The highest BCUT2D eigenvalue weighted by Gasteiger charge is 2.20. The summed E-state index contributed by atoms with van der Waals surface area (Å²) in [4.78, 5) is 14.3. The lowest BCUT2D eigenvalue weighted by Gasteiger charge is -2.17. The number of nitrogens with zero attached hydrogens (tertiary/aromatic N) is 3. The molecule has 0 saturated heterocycles. The van der Waals surface area contributed by atoms with E-state index in [4.69, 9.17) is 29.2 Å². The van der Waals surface area contributed by atoms with E-state index in [2.05, 4.69) is 27.7 Å². The molecule has 3 aromatic rings. The van der Waals surface area contributed by atoms with E-state index < -0.39 is 0 Å². The molecular formula is C38H51N3O5. The Balaban J connectivity index is 1.64. The van der Waals surface area contributed by atoms with Crippen LogP contribution in [0, 0.1) is 11.8 Å². The number of hydrogen-bond donors (Lipinski definition) is 2. The zero-order valence-corrected chi connectivity index (χ0v) is 28.2. The number of phenolic OH excluding ortho intramolecular Hbond substituents is 2. The number of aromatic nitrogens is 3. The average Bonchev–Trinajstić information content (AvgIpc) is 3.08. The molecule has 0 saturated carbocycles. The second-order valence-corrected chi connectivity index (χ2v) is 12.1. The maximum absolute atomic E-state index is 11.1. The molecule has 1 aliphatic carbocycles. The van der Waals surface area contributed by atoms with Gasteiger partial charge in [0, 0.05) is 18.6 Å². The monoisotopic (exact) mass is 629 g/mol. The molecule has 1 aliphatic rings. The number of rotatable bonds is 18. The zero-order chi connectivity index (χ0) is 32.9. The molecule has 2 aromatic carbocycles. The molecule has 0 amide bonds. The van der Waals surface area contributed by atoms with Crippen LogP contribution in [0.4, 0.5) is 0 Å². The SMILES string of the molecule is CCCCC(CC)COc1ccc(-c2nc(C3=CC=C(OC)CC3)nc(-c3ccc(OCC(CC)CCCC)cc3O)n2)c(O)c1. The van der Waals surface area contributed by atoms with Crippen LogP contribution in [-0.4, -0.2) is 45.5 Å². The van der Waals surface area contributed by atoms with Crippen LogP contribution in [0.15, 0.2) is 54.3 Å². The summed E-state index contributed by atoms with van der Waals surface area (Å²) in [6.07, 6.45) is 14.3. The van der Waals surface area contributed by atoms with E-state index in [9.17, 15) is 10.2 Å². The van der Waals surface area contributed by atoms with Crippen LogP contribution < -0.4 is 9.47 Å². The minimum absolute atomic E-state index is 0.0166. The van der Waals surface area contributed by atoms with Crippen LogP contribution in [0.25, 0.3) is 28.3 Å². The second-order valence-electron chi connectivity index (χ2n) is 12.1. The molecule has 0 radical (unpaired) electrons. The lowest BCUT2D eigenvalue weighted by Crippen LogP contribution is -2.11. The normalized spacial score (nSPS) is 14.3. The number of allylic oxidation sites excluding steroid dienone is 4. The number of unbranched alkanes of at least 4 members (excludes halogenated alkanes) is 2. The van der Waals surface area contributed by atoms with Gasteiger partial charge in [-0.2, -0.15) is 0 Å². The van der Waals surface area contributed by atoms with E-state index in [1.165, 1.54) is 12.8 Å². The fourth-order valence-corrected chi connectivity index (χ4v) is 5.54. The van der Waals surface area contributed by atoms with Gasteiger partial charge in [0.05, 0.1) is 37.2 Å². The number of phenols is 2. The summed E-state index contributed by atoms with van der Waals surface area (Å²) < 4.78 is 17.5. The van der Waals surface area contributed by atoms with Gasteiger partial charge in [0.25, 0.3) is 0 Å². The Morgan fingerprint density at radius 3 is 1.57 bits per heavy atom. The predicted molar refractivity (Wildman–Crippen MR) is 184 cm³/mol. The molecule has 2 atom stereocenters. The first-order chi connectivity index (χ1) is 22.4. The Labute approximate surface area is 274 Å². The van der Waals surface area contributed by atoms with Crippen LogP contribution in [0.5, 0.6) is 23.0 Å². The van der Waals surface area contributed by atoms with Gasteiger partial charge in [0.15, 0.2) is 17.5 Å². The second kappa shape index (κ2) is 17.6. The van der Waals surface area contributed by atoms with Crippen LogP contribution in [0.1, 0.15) is 97.7 Å². The fourth-order valence-electron chi connectivity index (χ4n) is 5.54. The van der Waals surface area contributed by atoms with Crippen molar-refractivity contribution in [2.45, 2.75) is 91.9 Å². The van der Waals surface area contributed by atoms with Crippen molar-refractivity contribution >= 4 is 5.57 Å². The van der Waals surface area contributed by atoms with Gasteiger partial charge in [-0.1, -0.05) is 72.3 Å². The standard InChI is InChI=1S/C38H51N3O5/c1-6-10-12-26(8-3)24-45-30-18-20-32(34(42)22-30)37-39-36(28-14-16-29(44-5)17-15-28)40-38(41-37)33-21-19-31(23-35(33)43)46-25-27(9-4)13-11-7-2/h14,16,18-23,26-27,42-43H,6-13,15,17,24-25H2,1-5H3. The predicted octanol–water partition coefficient (Wildman–Crippen LogP) is 9.51. The fraction of sp³-hybridized carbons (Fsp3) is 0.500. The Bertz CT molecular complexity index is 1400. The topological polar surface area (TPSA) is 107 Å². The number of benzene rings is 2. The van der Waals surface area contributed by atoms with Crippen molar-refractivity contribution < 1.29 is 24.4 Å². The van der Waals surface area contributed by atoms with Gasteiger partial charge in [-0.3, -0.25) is 0 Å². The molecule has 0 bridgehead atoms. The maximum atomic E-state index is 11.1. The van der Waals surface area contributed by atoms with E-state index in [1.54, 1.807) is 31.4 Å². The summed E-state index contributed by atoms with van der Waals surface area (Å²) in [5.41, 5.74) is 1.83. The van der Waals surface area contributed by atoms with E-state index >= 15 is 0 Å². The average molecular weight is 630 g/mol. The molecule has 1 aromatic heterocycles. The highest BCUT2D eigenvalue weighted by atomic mass is 16.5. The third-order valence-electron chi connectivity index (χ3n) is 8.77. The molecule has 0 fully saturated rings. The molecule has 0 spiro atoms. The Kier molecular flexibility index (Phi) is 13.3. The molecule has 2 unspecified atom stereocenters. The maximum Gasteiger partial charge on any atom is 0.167 e. The third kappa shape index (κ3) is 9.47. The highest BCUT2D eigenvalue weighted by molar-refractivity contribution is 5.73. The van der Waals surface area contributed by atoms with Crippen molar-refractivity contribution in [1.29, 1.82) is 0 Å². The largest absolute Gasteiger partial charge is 0.507 e. The molecule has 4 rings (SSSR count). The molecule has 248 valence electrons. The summed E-state index contributed by atoms with van der Waals surface area (Å²) in [6, 6.07) is 10.5. The van der Waals surface area contributed by atoms with Crippen LogP contribution in [0.2, 0.25) is 0 Å². The summed E-state index contributed by atoms with van der Waals surface area (Å²) in [6.45, 7) is 9.98. The van der Waals surface area contributed by atoms with Gasteiger partial charge in [-0.25, -0.2) is 15.0 Å². The van der Waals surface area contributed by atoms with Gasteiger partial charge in [0.1, 0.15) is 23.0 Å². The number of hydrogen-bond acceptors (Lipinski definition) is 8. The summed E-state index contributed by atoms with van der Waals surface area (Å²) >= 11 is 0. The van der Waals surface area contributed by atoms with Crippen LogP contribution in [0.3, 0.4) is 0 Å². The smallest absolute Gasteiger partial charge is 0.167 e. The van der Waals surface area contributed by atoms with Crippen molar-refractivity contribution in [1.82, 2.24) is 15.0 Å².